The van der Waals surface area contributed by atoms with Crippen molar-refractivity contribution in [3.8, 4) is 0 Å². The number of amides is 1. The number of benzene rings is 1. The van der Waals surface area contributed by atoms with Crippen LogP contribution in [-0.4, -0.2) is 25.0 Å². The van der Waals surface area contributed by atoms with Gasteiger partial charge in [-0.1, -0.05) is 27.2 Å². The van der Waals surface area contributed by atoms with Crippen LogP contribution in [0.2, 0.25) is 0 Å². The fourth-order valence-electron chi connectivity index (χ4n) is 3.50. The Morgan fingerprint density at radius 3 is 2.30 bits per heavy atom. The van der Waals surface area contributed by atoms with E-state index in [0.717, 1.165) is 6.42 Å². The Balaban J connectivity index is 2.06. The lowest BCUT2D eigenvalue weighted by molar-refractivity contribution is 0.0600. The van der Waals surface area contributed by atoms with E-state index in [0.29, 0.717) is 28.9 Å². The van der Waals surface area contributed by atoms with Crippen molar-refractivity contribution in [2.75, 3.05) is 7.11 Å². The van der Waals surface area contributed by atoms with Crippen LogP contribution in [0.3, 0.4) is 0 Å². The molecule has 1 aromatic carbocycles. The van der Waals surface area contributed by atoms with Gasteiger partial charge in [-0.2, -0.15) is 0 Å². The Bertz CT molecular complexity index is 550. The molecule has 0 bridgehead atoms. The number of rotatable bonds is 4. The van der Waals surface area contributed by atoms with Gasteiger partial charge in [0, 0.05) is 11.6 Å². The Hall–Kier alpha value is -1.84. The summed E-state index contributed by atoms with van der Waals surface area (Å²) in [6.45, 7) is 6.71. The zero-order valence-corrected chi connectivity index (χ0v) is 14.5. The lowest BCUT2D eigenvalue weighted by Gasteiger charge is -2.37. The first-order chi connectivity index (χ1) is 10.9. The molecule has 1 amide bonds. The largest absolute Gasteiger partial charge is 0.465 e. The minimum atomic E-state index is -0.391. The van der Waals surface area contributed by atoms with E-state index in [1.54, 1.807) is 24.3 Å². The molecule has 1 aliphatic carbocycles. The summed E-state index contributed by atoms with van der Waals surface area (Å²) in [6.07, 6.45) is 3.45. The maximum atomic E-state index is 12.5. The molecule has 0 radical (unpaired) electrons. The van der Waals surface area contributed by atoms with Crippen molar-refractivity contribution in [3.05, 3.63) is 35.4 Å². The van der Waals surface area contributed by atoms with E-state index in [1.165, 1.54) is 20.0 Å². The molecule has 4 nitrogen and oxygen atoms in total. The number of esters is 1. The molecule has 126 valence electrons. The Kier molecular flexibility index (Phi) is 5.80. The van der Waals surface area contributed by atoms with E-state index in [1.807, 2.05) is 0 Å². The first-order valence-corrected chi connectivity index (χ1v) is 8.41. The van der Waals surface area contributed by atoms with Gasteiger partial charge in [0.1, 0.15) is 0 Å². The summed E-state index contributed by atoms with van der Waals surface area (Å²) in [7, 11) is 1.35. The molecule has 1 fully saturated rings. The highest BCUT2D eigenvalue weighted by Crippen LogP contribution is 2.33. The molecule has 0 aromatic heterocycles. The predicted octanol–water partition coefficient (Wildman–Crippen LogP) is 3.66. The molecule has 0 heterocycles. The second-order valence-corrected chi connectivity index (χ2v) is 6.97. The van der Waals surface area contributed by atoms with Crippen molar-refractivity contribution in [1.82, 2.24) is 5.32 Å². The second kappa shape index (κ2) is 7.62. The monoisotopic (exact) mass is 317 g/mol. The number of carbonyl (C=O) groups excluding carboxylic acids is 2. The molecule has 1 saturated carbocycles. The van der Waals surface area contributed by atoms with Crippen LogP contribution in [0.4, 0.5) is 0 Å². The third kappa shape index (κ3) is 4.34. The lowest BCUT2D eigenvalue weighted by atomic mass is 9.74. The highest BCUT2D eigenvalue weighted by Gasteiger charge is 2.31. The highest BCUT2D eigenvalue weighted by molar-refractivity contribution is 5.96. The molecule has 3 atom stereocenters. The Labute approximate surface area is 138 Å². The van der Waals surface area contributed by atoms with Crippen molar-refractivity contribution in [1.29, 1.82) is 0 Å². The number of hydrogen-bond acceptors (Lipinski definition) is 3. The molecule has 0 aliphatic heterocycles. The molecule has 1 aromatic rings. The zero-order chi connectivity index (χ0) is 17.0. The van der Waals surface area contributed by atoms with Crippen molar-refractivity contribution in [3.63, 3.8) is 0 Å². The summed E-state index contributed by atoms with van der Waals surface area (Å²) in [5, 5.41) is 3.20. The quantitative estimate of drug-likeness (QED) is 0.862. The van der Waals surface area contributed by atoms with Gasteiger partial charge in [0.25, 0.3) is 5.91 Å². The van der Waals surface area contributed by atoms with Crippen LogP contribution in [0.5, 0.6) is 0 Å². The van der Waals surface area contributed by atoms with E-state index in [9.17, 15) is 9.59 Å². The standard InChI is InChI=1S/C19H27NO3/c1-12(2)16-10-5-13(3)11-17(16)20-18(21)14-6-8-15(9-7-14)19(22)23-4/h6-9,12-13,16-17H,5,10-11H2,1-4H3,(H,20,21)/t13-,16+,17+/m1/s1. The Morgan fingerprint density at radius 1 is 1.13 bits per heavy atom. The number of ether oxygens (including phenoxy) is 1. The normalized spacial score (nSPS) is 24.3. The van der Waals surface area contributed by atoms with Crippen molar-refractivity contribution < 1.29 is 14.3 Å². The van der Waals surface area contributed by atoms with Gasteiger partial charge in [0.2, 0.25) is 0 Å². The maximum absolute atomic E-state index is 12.5. The molecule has 2 rings (SSSR count). The van der Waals surface area contributed by atoms with Crippen LogP contribution in [-0.2, 0) is 4.74 Å². The third-order valence-electron chi connectivity index (χ3n) is 4.91. The van der Waals surface area contributed by atoms with Crippen LogP contribution in [0, 0.1) is 17.8 Å². The fraction of sp³-hybridized carbons (Fsp3) is 0.579. The highest BCUT2D eigenvalue weighted by atomic mass is 16.5. The molecule has 23 heavy (non-hydrogen) atoms. The van der Waals surface area contributed by atoms with Gasteiger partial charge in [-0.3, -0.25) is 4.79 Å². The topological polar surface area (TPSA) is 55.4 Å². The van der Waals surface area contributed by atoms with Gasteiger partial charge in [-0.25, -0.2) is 4.79 Å². The lowest BCUT2D eigenvalue weighted by Crippen LogP contribution is -2.45. The minimum Gasteiger partial charge on any atom is -0.465 e. The van der Waals surface area contributed by atoms with Crippen LogP contribution in [0.15, 0.2) is 24.3 Å². The average molecular weight is 317 g/mol. The first kappa shape index (κ1) is 17.5. The summed E-state index contributed by atoms with van der Waals surface area (Å²) < 4.78 is 4.67. The number of hydrogen-bond donors (Lipinski definition) is 1. The van der Waals surface area contributed by atoms with Crippen molar-refractivity contribution >= 4 is 11.9 Å². The van der Waals surface area contributed by atoms with Gasteiger partial charge >= 0.3 is 5.97 Å². The number of nitrogens with one attached hydrogen (secondary N) is 1. The van der Waals surface area contributed by atoms with Gasteiger partial charge in [0.15, 0.2) is 0 Å². The summed E-state index contributed by atoms with van der Waals surface area (Å²) in [5.41, 5.74) is 1.04. The molecule has 0 spiro atoms. The molecule has 1 N–H and O–H groups in total. The van der Waals surface area contributed by atoms with E-state index >= 15 is 0 Å². The van der Waals surface area contributed by atoms with Gasteiger partial charge in [-0.05, 0) is 54.9 Å². The first-order valence-electron chi connectivity index (χ1n) is 8.41. The smallest absolute Gasteiger partial charge is 0.337 e. The molecule has 0 unspecified atom stereocenters. The van der Waals surface area contributed by atoms with Crippen LogP contribution in [0.25, 0.3) is 0 Å². The summed E-state index contributed by atoms with van der Waals surface area (Å²) in [4.78, 5) is 24.0. The Morgan fingerprint density at radius 2 is 1.74 bits per heavy atom. The fourth-order valence-corrected chi connectivity index (χ4v) is 3.50. The number of methoxy groups -OCH3 is 1. The average Bonchev–Trinajstić information content (AvgIpc) is 2.54. The van der Waals surface area contributed by atoms with Crippen LogP contribution >= 0.6 is 0 Å². The number of carbonyl (C=O) groups is 2. The summed E-state index contributed by atoms with van der Waals surface area (Å²) in [6, 6.07) is 6.84. The molecular formula is C19H27NO3. The zero-order valence-electron chi connectivity index (χ0n) is 14.5. The molecule has 0 saturated heterocycles. The summed E-state index contributed by atoms with van der Waals surface area (Å²) >= 11 is 0. The van der Waals surface area contributed by atoms with E-state index in [4.69, 9.17) is 0 Å². The minimum absolute atomic E-state index is 0.0637. The van der Waals surface area contributed by atoms with Crippen LogP contribution < -0.4 is 5.32 Å². The maximum Gasteiger partial charge on any atom is 0.337 e. The second-order valence-electron chi connectivity index (χ2n) is 6.97. The van der Waals surface area contributed by atoms with E-state index < -0.39 is 5.97 Å². The molecule has 4 heteroatoms. The third-order valence-corrected chi connectivity index (χ3v) is 4.91. The SMILES string of the molecule is COC(=O)c1ccc(C(=O)N[C@H]2C[C@H](C)CC[C@H]2C(C)C)cc1. The molecular weight excluding hydrogens is 290 g/mol. The van der Waals surface area contributed by atoms with E-state index in [-0.39, 0.29) is 11.9 Å². The summed E-state index contributed by atoms with van der Waals surface area (Å²) in [5.74, 6) is 1.29. The van der Waals surface area contributed by atoms with Gasteiger partial charge in [-0.15, -0.1) is 0 Å². The van der Waals surface area contributed by atoms with Crippen molar-refractivity contribution in [2.24, 2.45) is 17.8 Å². The van der Waals surface area contributed by atoms with Crippen LogP contribution in [0.1, 0.15) is 60.7 Å². The molecule has 1 aliphatic rings. The predicted molar refractivity (Wildman–Crippen MR) is 90.4 cm³/mol. The van der Waals surface area contributed by atoms with E-state index in [2.05, 4.69) is 30.8 Å². The van der Waals surface area contributed by atoms with Gasteiger partial charge in [0.05, 0.1) is 12.7 Å². The van der Waals surface area contributed by atoms with Crippen molar-refractivity contribution in [2.45, 2.75) is 46.1 Å². The van der Waals surface area contributed by atoms with Gasteiger partial charge < -0.3 is 10.1 Å².